The molecule has 0 spiro atoms. The average molecular weight is 323 g/mol. The second kappa shape index (κ2) is 6.93. The van der Waals surface area contributed by atoms with E-state index in [0.717, 1.165) is 36.0 Å². The summed E-state index contributed by atoms with van der Waals surface area (Å²) in [7, 11) is 2.11. The van der Waals surface area contributed by atoms with Crippen molar-refractivity contribution in [3.8, 4) is 11.8 Å². The standard InChI is InChI=1S/C15H19BrN2O/c1-18(15-9-6-13(16)11-17-15)14-7-4-12(5-8-14)3-2-10-19/h6,9,11-12,14,19H,4-5,7-8,10H2,1H3. The van der Waals surface area contributed by atoms with Gasteiger partial charge in [0.2, 0.25) is 0 Å². The fraction of sp³-hybridized carbons (Fsp3) is 0.533. The van der Waals surface area contributed by atoms with E-state index < -0.39 is 0 Å². The van der Waals surface area contributed by atoms with Crippen LogP contribution in [-0.2, 0) is 0 Å². The lowest BCUT2D eigenvalue weighted by Gasteiger charge is -2.34. The summed E-state index contributed by atoms with van der Waals surface area (Å²) < 4.78 is 1.01. The summed E-state index contributed by atoms with van der Waals surface area (Å²) in [6.07, 6.45) is 6.33. The van der Waals surface area contributed by atoms with Crippen LogP contribution < -0.4 is 4.90 Å². The second-order valence-electron chi connectivity index (χ2n) is 4.93. The fourth-order valence-electron chi connectivity index (χ4n) is 2.56. The maximum Gasteiger partial charge on any atom is 0.128 e. The number of rotatable bonds is 2. The lowest BCUT2D eigenvalue weighted by Crippen LogP contribution is -2.35. The first-order valence-electron chi connectivity index (χ1n) is 6.64. The third kappa shape index (κ3) is 3.95. The van der Waals surface area contributed by atoms with E-state index in [4.69, 9.17) is 5.11 Å². The Kier molecular flexibility index (Phi) is 5.24. The molecule has 0 unspecified atom stereocenters. The van der Waals surface area contributed by atoms with Crippen LogP contribution in [0.2, 0.25) is 0 Å². The summed E-state index contributed by atoms with van der Waals surface area (Å²) >= 11 is 3.41. The number of pyridine rings is 1. The van der Waals surface area contributed by atoms with Crippen molar-refractivity contribution < 1.29 is 5.11 Å². The van der Waals surface area contributed by atoms with Crippen LogP contribution >= 0.6 is 15.9 Å². The summed E-state index contributed by atoms with van der Waals surface area (Å²) in [6.45, 7) is -0.0252. The first-order valence-corrected chi connectivity index (χ1v) is 7.43. The van der Waals surface area contributed by atoms with Gasteiger partial charge in [0.1, 0.15) is 12.4 Å². The van der Waals surface area contributed by atoms with E-state index in [0.29, 0.717) is 12.0 Å². The topological polar surface area (TPSA) is 36.4 Å². The van der Waals surface area contributed by atoms with E-state index in [9.17, 15) is 0 Å². The van der Waals surface area contributed by atoms with Crippen molar-refractivity contribution in [2.24, 2.45) is 5.92 Å². The Labute approximate surface area is 123 Å². The van der Waals surface area contributed by atoms with Crippen LogP contribution in [0.1, 0.15) is 25.7 Å². The Morgan fingerprint density at radius 2 is 2.11 bits per heavy atom. The Balaban J connectivity index is 1.92. The fourth-order valence-corrected chi connectivity index (χ4v) is 2.80. The molecule has 0 atom stereocenters. The van der Waals surface area contributed by atoms with Crippen LogP contribution in [0, 0.1) is 17.8 Å². The summed E-state index contributed by atoms with van der Waals surface area (Å²) in [5.74, 6) is 7.39. The van der Waals surface area contributed by atoms with Gasteiger partial charge in [-0.25, -0.2) is 4.98 Å². The zero-order valence-corrected chi connectivity index (χ0v) is 12.7. The molecular weight excluding hydrogens is 304 g/mol. The van der Waals surface area contributed by atoms with Gasteiger partial charge in [-0.2, -0.15) is 0 Å². The number of aromatic nitrogens is 1. The van der Waals surface area contributed by atoms with E-state index in [1.54, 1.807) is 0 Å². The molecule has 102 valence electrons. The molecule has 1 saturated carbocycles. The SMILES string of the molecule is CN(c1ccc(Br)cn1)C1CCC(C#CCO)CC1. The molecule has 4 heteroatoms. The molecule has 1 heterocycles. The molecule has 19 heavy (non-hydrogen) atoms. The van der Waals surface area contributed by atoms with Gasteiger partial charge < -0.3 is 10.0 Å². The number of hydrogen-bond acceptors (Lipinski definition) is 3. The van der Waals surface area contributed by atoms with Gasteiger partial charge in [0.15, 0.2) is 0 Å². The van der Waals surface area contributed by atoms with Crippen molar-refractivity contribution in [2.45, 2.75) is 31.7 Å². The maximum atomic E-state index is 8.71. The van der Waals surface area contributed by atoms with Gasteiger partial charge in [-0.1, -0.05) is 11.8 Å². The molecule has 0 bridgehead atoms. The minimum absolute atomic E-state index is 0.0252. The minimum atomic E-state index is -0.0252. The highest BCUT2D eigenvalue weighted by molar-refractivity contribution is 9.10. The number of halogens is 1. The van der Waals surface area contributed by atoms with Crippen LogP contribution in [0.4, 0.5) is 5.82 Å². The second-order valence-corrected chi connectivity index (χ2v) is 5.85. The smallest absolute Gasteiger partial charge is 0.128 e. The highest BCUT2D eigenvalue weighted by Crippen LogP contribution is 2.28. The van der Waals surface area contributed by atoms with E-state index in [1.165, 1.54) is 0 Å². The van der Waals surface area contributed by atoms with E-state index in [2.05, 4.69) is 44.7 Å². The van der Waals surface area contributed by atoms with Crippen LogP contribution in [-0.4, -0.2) is 29.8 Å². The van der Waals surface area contributed by atoms with Gasteiger partial charge in [-0.15, -0.1) is 0 Å². The largest absolute Gasteiger partial charge is 0.384 e. The average Bonchev–Trinajstić information content (AvgIpc) is 2.46. The normalized spacial score (nSPS) is 22.5. The van der Waals surface area contributed by atoms with Crippen LogP contribution in [0.15, 0.2) is 22.8 Å². The number of nitrogens with zero attached hydrogens (tertiary/aromatic N) is 2. The molecule has 1 N–H and O–H groups in total. The molecule has 1 aliphatic rings. The lowest BCUT2D eigenvalue weighted by molar-refractivity contribution is 0.348. The monoisotopic (exact) mass is 322 g/mol. The van der Waals surface area contributed by atoms with Crippen LogP contribution in [0.3, 0.4) is 0 Å². The number of hydrogen-bond donors (Lipinski definition) is 1. The van der Waals surface area contributed by atoms with Crippen molar-refractivity contribution in [1.82, 2.24) is 4.98 Å². The van der Waals surface area contributed by atoms with Gasteiger partial charge in [0.05, 0.1) is 0 Å². The first kappa shape index (κ1) is 14.4. The number of anilines is 1. The molecule has 2 rings (SSSR count). The molecule has 0 aliphatic heterocycles. The zero-order valence-electron chi connectivity index (χ0n) is 11.1. The Bertz CT molecular complexity index is 455. The highest BCUT2D eigenvalue weighted by atomic mass is 79.9. The summed E-state index contributed by atoms with van der Waals surface area (Å²) in [5.41, 5.74) is 0. The minimum Gasteiger partial charge on any atom is -0.384 e. The molecule has 1 aromatic rings. The summed E-state index contributed by atoms with van der Waals surface area (Å²) in [5, 5.41) is 8.71. The van der Waals surface area contributed by atoms with Crippen molar-refractivity contribution in [2.75, 3.05) is 18.6 Å². The zero-order chi connectivity index (χ0) is 13.7. The molecule has 1 aliphatic carbocycles. The number of aliphatic hydroxyl groups excluding tert-OH is 1. The maximum absolute atomic E-state index is 8.71. The molecule has 3 nitrogen and oxygen atoms in total. The van der Waals surface area contributed by atoms with Crippen molar-refractivity contribution in [3.05, 3.63) is 22.8 Å². The summed E-state index contributed by atoms with van der Waals surface area (Å²) in [6, 6.07) is 4.61. The van der Waals surface area contributed by atoms with E-state index in [-0.39, 0.29) is 6.61 Å². The van der Waals surface area contributed by atoms with Crippen molar-refractivity contribution in [1.29, 1.82) is 0 Å². The third-order valence-corrected chi connectivity index (χ3v) is 4.17. The molecule has 0 radical (unpaired) electrons. The molecular formula is C15H19BrN2O. The molecule has 0 aromatic carbocycles. The van der Waals surface area contributed by atoms with Gasteiger partial charge in [0, 0.05) is 29.7 Å². The predicted octanol–water partition coefficient (Wildman–Crippen LogP) is 2.83. The van der Waals surface area contributed by atoms with Gasteiger partial charge >= 0.3 is 0 Å². The molecule has 1 fully saturated rings. The molecule has 0 saturated heterocycles. The summed E-state index contributed by atoms with van der Waals surface area (Å²) in [4.78, 5) is 6.71. The van der Waals surface area contributed by atoms with Crippen LogP contribution in [0.5, 0.6) is 0 Å². The van der Waals surface area contributed by atoms with E-state index >= 15 is 0 Å². The van der Waals surface area contributed by atoms with Gasteiger partial charge in [0.25, 0.3) is 0 Å². The quantitative estimate of drug-likeness (QED) is 0.850. The highest BCUT2D eigenvalue weighted by Gasteiger charge is 2.23. The van der Waals surface area contributed by atoms with Crippen molar-refractivity contribution >= 4 is 21.7 Å². The molecule has 1 aromatic heterocycles. The Morgan fingerprint density at radius 3 is 2.68 bits per heavy atom. The molecule has 0 amide bonds. The van der Waals surface area contributed by atoms with Gasteiger partial charge in [-0.05, 0) is 53.7 Å². The predicted molar refractivity (Wildman–Crippen MR) is 80.9 cm³/mol. The first-order chi connectivity index (χ1) is 9.20. The van der Waals surface area contributed by atoms with Crippen LogP contribution in [0.25, 0.3) is 0 Å². The number of aliphatic hydroxyl groups is 1. The third-order valence-electron chi connectivity index (χ3n) is 3.70. The van der Waals surface area contributed by atoms with Crippen molar-refractivity contribution in [3.63, 3.8) is 0 Å². The lowest BCUT2D eigenvalue weighted by atomic mass is 9.86. The van der Waals surface area contributed by atoms with E-state index in [1.807, 2.05) is 18.3 Å². The Hall–Kier alpha value is -1.05. The van der Waals surface area contributed by atoms with Gasteiger partial charge in [-0.3, -0.25) is 0 Å². The Morgan fingerprint density at radius 1 is 1.37 bits per heavy atom.